The van der Waals surface area contributed by atoms with Gasteiger partial charge in [-0.25, -0.2) is 13.1 Å². The molecule has 5 nitrogen and oxygen atoms in total. The van der Waals surface area contributed by atoms with Crippen LogP contribution in [0.5, 0.6) is 0 Å². The second-order valence-corrected chi connectivity index (χ2v) is 7.16. The Kier molecular flexibility index (Phi) is 4.15. The van der Waals surface area contributed by atoms with Crippen molar-refractivity contribution in [2.45, 2.75) is 49.5 Å². The van der Waals surface area contributed by atoms with Crippen molar-refractivity contribution in [3.05, 3.63) is 29.8 Å². The molecule has 0 bridgehead atoms. The van der Waals surface area contributed by atoms with Gasteiger partial charge in [-0.2, -0.15) is 0 Å². The van der Waals surface area contributed by atoms with Gasteiger partial charge in [0.2, 0.25) is 10.0 Å². The molecule has 0 amide bonds. The maximum absolute atomic E-state index is 12.4. The van der Waals surface area contributed by atoms with Crippen LogP contribution in [0.2, 0.25) is 0 Å². The number of aliphatic carboxylic acids is 1. The molecule has 6 heteroatoms. The third-order valence-corrected chi connectivity index (χ3v) is 5.33. The van der Waals surface area contributed by atoms with E-state index in [4.69, 9.17) is 5.11 Å². The average molecular weight is 297 g/mol. The molecular weight excluding hydrogens is 278 g/mol. The minimum atomic E-state index is -3.68. The van der Waals surface area contributed by atoms with Gasteiger partial charge in [0.1, 0.15) is 0 Å². The molecule has 0 aromatic heterocycles. The van der Waals surface area contributed by atoms with Crippen molar-refractivity contribution in [1.82, 2.24) is 4.72 Å². The molecule has 20 heavy (non-hydrogen) atoms. The zero-order chi connectivity index (χ0) is 14.8. The third-order valence-electron chi connectivity index (χ3n) is 3.73. The van der Waals surface area contributed by atoms with Crippen LogP contribution < -0.4 is 4.72 Å². The molecule has 2 rings (SSSR count). The van der Waals surface area contributed by atoms with E-state index >= 15 is 0 Å². The van der Waals surface area contributed by atoms with Crippen molar-refractivity contribution in [2.75, 3.05) is 0 Å². The maximum Gasteiger partial charge on any atom is 0.305 e. The summed E-state index contributed by atoms with van der Waals surface area (Å²) in [4.78, 5) is 11.2. The first kappa shape index (κ1) is 15.0. The molecule has 0 unspecified atom stereocenters. The van der Waals surface area contributed by atoms with Gasteiger partial charge in [-0.1, -0.05) is 30.5 Å². The Hall–Kier alpha value is -1.40. The number of aryl methyl sites for hydroxylation is 1. The van der Waals surface area contributed by atoms with Gasteiger partial charge in [0.15, 0.2) is 0 Å². The van der Waals surface area contributed by atoms with Crippen LogP contribution in [-0.2, 0) is 14.8 Å². The molecule has 0 atom stereocenters. The van der Waals surface area contributed by atoms with Crippen molar-refractivity contribution < 1.29 is 18.3 Å². The van der Waals surface area contributed by atoms with Crippen molar-refractivity contribution in [3.63, 3.8) is 0 Å². The average Bonchev–Trinajstić information content (AvgIpc) is 2.75. The Morgan fingerprint density at radius 2 is 1.80 bits per heavy atom. The van der Waals surface area contributed by atoms with Crippen molar-refractivity contribution >= 4 is 16.0 Å². The second kappa shape index (κ2) is 5.54. The van der Waals surface area contributed by atoms with Gasteiger partial charge in [-0.05, 0) is 31.9 Å². The van der Waals surface area contributed by atoms with Crippen LogP contribution in [-0.4, -0.2) is 25.0 Å². The Morgan fingerprint density at radius 1 is 1.25 bits per heavy atom. The number of hydrogen-bond donors (Lipinski definition) is 2. The number of nitrogens with one attached hydrogen (secondary N) is 1. The van der Waals surface area contributed by atoms with E-state index < -0.39 is 21.5 Å². The van der Waals surface area contributed by atoms with Crippen LogP contribution in [0.4, 0.5) is 0 Å². The summed E-state index contributed by atoms with van der Waals surface area (Å²) in [6.45, 7) is 1.88. The fraction of sp³-hybridized carbons (Fsp3) is 0.500. The quantitative estimate of drug-likeness (QED) is 0.871. The summed E-state index contributed by atoms with van der Waals surface area (Å²) < 4.78 is 27.4. The molecule has 1 aromatic rings. The van der Waals surface area contributed by atoms with Gasteiger partial charge in [0, 0.05) is 5.54 Å². The van der Waals surface area contributed by atoms with E-state index in [1.807, 2.05) is 6.92 Å². The number of sulfonamides is 1. The van der Waals surface area contributed by atoms with Gasteiger partial charge in [-0.15, -0.1) is 0 Å². The SMILES string of the molecule is Cc1ccc(S(=O)(=O)NC2(CC(=O)O)CCCC2)cc1. The fourth-order valence-electron chi connectivity index (χ4n) is 2.72. The monoisotopic (exact) mass is 297 g/mol. The van der Waals surface area contributed by atoms with Crippen LogP contribution in [0, 0.1) is 6.92 Å². The van der Waals surface area contributed by atoms with Gasteiger partial charge >= 0.3 is 5.97 Å². The summed E-state index contributed by atoms with van der Waals surface area (Å²) in [5, 5.41) is 9.01. The van der Waals surface area contributed by atoms with Gasteiger partial charge in [-0.3, -0.25) is 4.79 Å². The van der Waals surface area contributed by atoms with Crippen LogP contribution >= 0.6 is 0 Å². The molecular formula is C14H19NO4S. The van der Waals surface area contributed by atoms with E-state index in [2.05, 4.69) is 4.72 Å². The molecule has 1 aromatic carbocycles. The minimum Gasteiger partial charge on any atom is -0.481 e. The van der Waals surface area contributed by atoms with E-state index in [9.17, 15) is 13.2 Å². The first-order chi connectivity index (χ1) is 9.33. The van der Waals surface area contributed by atoms with Crippen molar-refractivity contribution in [2.24, 2.45) is 0 Å². The number of rotatable bonds is 5. The highest BCUT2D eigenvalue weighted by molar-refractivity contribution is 7.89. The Balaban J connectivity index is 2.25. The summed E-state index contributed by atoms with van der Waals surface area (Å²) >= 11 is 0. The van der Waals surface area contributed by atoms with Crippen molar-refractivity contribution in [1.29, 1.82) is 0 Å². The van der Waals surface area contributed by atoms with E-state index in [0.29, 0.717) is 12.8 Å². The molecule has 0 saturated heterocycles. The van der Waals surface area contributed by atoms with Crippen LogP contribution in [0.1, 0.15) is 37.7 Å². The largest absolute Gasteiger partial charge is 0.481 e. The van der Waals surface area contributed by atoms with E-state index in [1.165, 1.54) is 0 Å². The fourth-order valence-corrected chi connectivity index (χ4v) is 4.18. The minimum absolute atomic E-state index is 0.169. The first-order valence-electron chi connectivity index (χ1n) is 6.65. The summed E-state index contributed by atoms with van der Waals surface area (Å²) in [5.41, 5.74) is 0.139. The van der Waals surface area contributed by atoms with Gasteiger partial charge < -0.3 is 5.11 Å². The molecule has 0 radical (unpaired) electrons. The number of carboxylic acids is 1. The number of benzene rings is 1. The van der Waals surface area contributed by atoms with Crippen LogP contribution in [0.3, 0.4) is 0 Å². The zero-order valence-electron chi connectivity index (χ0n) is 11.4. The highest BCUT2D eigenvalue weighted by Crippen LogP contribution is 2.34. The first-order valence-corrected chi connectivity index (χ1v) is 8.14. The lowest BCUT2D eigenvalue weighted by Gasteiger charge is -2.28. The lowest BCUT2D eigenvalue weighted by Crippen LogP contribution is -2.47. The molecule has 2 N–H and O–H groups in total. The molecule has 0 spiro atoms. The Labute approximate surface area is 119 Å². The zero-order valence-corrected chi connectivity index (χ0v) is 12.2. The van der Waals surface area contributed by atoms with Crippen LogP contribution in [0.25, 0.3) is 0 Å². The van der Waals surface area contributed by atoms with Gasteiger partial charge in [0.05, 0.1) is 11.3 Å². The number of hydrogen-bond acceptors (Lipinski definition) is 3. The summed E-state index contributed by atoms with van der Waals surface area (Å²) in [5.74, 6) is -0.974. The number of carbonyl (C=O) groups is 1. The van der Waals surface area contributed by atoms with Crippen molar-refractivity contribution in [3.8, 4) is 0 Å². The number of carboxylic acid groups (broad SMARTS) is 1. The standard InChI is InChI=1S/C14H19NO4S/c1-11-4-6-12(7-5-11)20(18,19)15-14(10-13(16)17)8-2-3-9-14/h4-7,15H,2-3,8-10H2,1H3,(H,16,17). The summed E-state index contributed by atoms with van der Waals surface area (Å²) in [7, 11) is -3.68. The molecule has 1 aliphatic rings. The topological polar surface area (TPSA) is 83.5 Å². The summed E-state index contributed by atoms with van der Waals surface area (Å²) in [6, 6.07) is 6.54. The smallest absolute Gasteiger partial charge is 0.305 e. The summed E-state index contributed by atoms with van der Waals surface area (Å²) in [6.07, 6.45) is 2.68. The Morgan fingerprint density at radius 3 is 2.30 bits per heavy atom. The highest BCUT2D eigenvalue weighted by Gasteiger charge is 2.39. The van der Waals surface area contributed by atoms with Crippen LogP contribution in [0.15, 0.2) is 29.2 Å². The van der Waals surface area contributed by atoms with E-state index in [0.717, 1.165) is 18.4 Å². The van der Waals surface area contributed by atoms with Gasteiger partial charge in [0.25, 0.3) is 0 Å². The van der Waals surface area contributed by atoms with E-state index in [-0.39, 0.29) is 11.3 Å². The molecule has 0 heterocycles. The molecule has 0 aliphatic heterocycles. The second-order valence-electron chi connectivity index (χ2n) is 5.48. The maximum atomic E-state index is 12.4. The molecule has 110 valence electrons. The third kappa shape index (κ3) is 3.37. The predicted molar refractivity (Wildman–Crippen MR) is 75.0 cm³/mol. The highest BCUT2D eigenvalue weighted by atomic mass is 32.2. The molecule has 1 aliphatic carbocycles. The normalized spacial score (nSPS) is 18.1. The predicted octanol–water partition coefficient (Wildman–Crippen LogP) is 2.06. The van der Waals surface area contributed by atoms with E-state index in [1.54, 1.807) is 24.3 Å². The lowest BCUT2D eigenvalue weighted by molar-refractivity contribution is -0.138. The molecule has 1 fully saturated rings. The molecule has 1 saturated carbocycles. The lowest BCUT2D eigenvalue weighted by atomic mass is 9.95. The Bertz CT molecular complexity index is 586.